The lowest BCUT2D eigenvalue weighted by atomic mass is 9.96. The zero-order valence-electron chi connectivity index (χ0n) is 7.08. The molecule has 1 fully saturated rings. The first-order valence-corrected chi connectivity index (χ1v) is 6.71. The normalized spacial score (nSPS) is 23.5. The van der Waals surface area contributed by atoms with Crippen LogP contribution in [-0.2, 0) is 0 Å². The molecular formula is C8H17NS2. The number of rotatable bonds is 3. The molecule has 3 heteroatoms. The van der Waals surface area contributed by atoms with Crippen molar-refractivity contribution in [2.24, 2.45) is 11.7 Å². The Bertz CT molecular complexity index is 102. The van der Waals surface area contributed by atoms with Crippen molar-refractivity contribution < 1.29 is 0 Å². The highest BCUT2D eigenvalue weighted by Crippen LogP contribution is 2.25. The Labute approximate surface area is 77.9 Å². The van der Waals surface area contributed by atoms with Crippen molar-refractivity contribution in [3.05, 3.63) is 0 Å². The predicted octanol–water partition coefficient (Wildman–Crippen LogP) is 1.82. The van der Waals surface area contributed by atoms with Gasteiger partial charge in [0.2, 0.25) is 0 Å². The Hall–Kier alpha value is 0.660. The third kappa shape index (κ3) is 3.26. The van der Waals surface area contributed by atoms with Crippen LogP contribution in [0.4, 0.5) is 0 Å². The van der Waals surface area contributed by atoms with E-state index in [0.29, 0.717) is 6.04 Å². The molecule has 0 aromatic heterocycles. The molecule has 0 amide bonds. The van der Waals surface area contributed by atoms with Gasteiger partial charge >= 0.3 is 0 Å². The highest BCUT2D eigenvalue weighted by Gasteiger charge is 2.19. The van der Waals surface area contributed by atoms with Crippen molar-refractivity contribution in [3.8, 4) is 0 Å². The van der Waals surface area contributed by atoms with E-state index in [9.17, 15) is 0 Å². The smallest absolute Gasteiger partial charge is 0.0159 e. The number of nitrogens with two attached hydrogens (primary N) is 1. The molecule has 1 unspecified atom stereocenters. The van der Waals surface area contributed by atoms with Crippen LogP contribution in [0, 0.1) is 5.92 Å². The molecule has 1 rings (SSSR count). The van der Waals surface area contributed by atoms with Crippen LogP contribution in [0.15, 0.2) is 0 Å². The molecule has 0 bridgehead atoms. The molecule has 0 aliphatic carbocycles. The monoisotopic (exact) mass is 191 g/mol. The van der Waals surface area contributed by atoms with Gasteiger partial charge in [-0.25, -0.2) is 0 Å². The SMILES string of the molecule is CSCC(N)C1CCSCC1. The summed E-state index contributed by atoms with van der Waals surface area (Å²) in [5.74, 6) is 4.60. The van der Waals surface area contributed by atoms with Crippen molar-refractivity contribution in [3.63, 3.8) is 0 Å². The van der Waals surface area contributed by atoms with Crippen molar-refractivity contribution >= 4 is 23.5 Å². The Morgan fingerprint density at radius 1 is 1.55 bits per heavy atom. The van der Waals surface area contributed by atoms with Gasteiger partial charge in [-0.2, -0.15) is 23.5 Å². The van der Waals surface area contributed by atoms with Crippen molar-refractivity contribution in [1.82, 2.24) is 0 Å². The standard InChI is InChI=1S/C8H17NS2/c1-10-6-8(9)7-2-4-11-5-3-7/h7-8H,2-6,9H2,1H3. The predicted molar refractivity (Wildman–Crippen MR) is 56.4 cm³/mol. The van der Waals surface area contributed by atoms with Crippen molar-refractivity contribution in [1.29, 1.82) is 0 Å². The number of hydrogen-bond acceptors (Lipinski definition) is 3. The summed E-state index contributed by atoms with van der Waals surface area (Å²) in [6.07, 6.45) is 4.82. The van der Waals surface area contributed by atoms with Crippen LogP contribution in [-0.4, -0.2) is 29.6 Å². The van der Waals surface area contributed by atoms with Gasteiger partial charge in [0.25, 0.3) is 0 Å². The molecule has 1 aliphatic heterocycles. The number of hydrogen-bond donors (Lipinski definition) is 1. The molecule has 0 saturated carbocycles. The maximum absolute atomic E-state index is 6.03. The minimum Gasteiger partial charge on any atom is -0.327 e. The lowest BCUT2D eigenvalue weighted by Gasteiger charge is -2.26. The molecule has 1 aliphatic rings. The van der Waals surface area contributed by atoms with Gasteiger partial charge in [0, 0.05) is 11.8 Å². The fraction of sp³-hybridized carbons (Fsp3) is 1.00. The van der Waals surface area contributed by atoms with E-state index in [-0.39, 0.29) is 0 Å². The summed E-state index contributed by atoms with van der Waals surface area (Å²) in [6.45, 7) is 0. The van der Waals surface area contributed by atoms with E-state index in [1.54, 1.807) is 0 Å². The summed E-state index contributed by atoms with van der Waals surface area (Å²) in [4.78, 5) is 0. The van der Waals surface area contributed by atoms with E-state index >= 15 is 0 Å². The van der Waals surface area contributed by atoms with E-state index in [4.69, 9.17) is 5.73 Å². The highest BCUT2D eigenvalue weighted by atomic mass is 32.2. The molecule has 0 aromatic rings. The van der Waals surface area contributed by atoms with Crippen LogP contribution in [0.3, 0.4) is 0 Å². The van der Waals surface area contributed by atoms with Crippen LogP contribution < -0.4 is 5.73 Å². The fourth-order valence-corrected chi connectivity index (χ4v) is 3.27. The topological polar surface area (TPSA) is 26.0 Å². The van der Waals surface area contributed by atoms with Crippen molar-refractivity contribution in [2.75, 3.05) is 23.5 Å². The maximum Gasteiger partial charge on any atom is 0.0159 e. The first kappa shape index (κ1) is 9.75. The van der Waals surface area contributed by atoms with E-state index in [1.807, 2.05) is 11.8 Å². The van der Waals surface area contributed by atoms with Gasteiger partial charge in [0.1, 0.15) is 0 Å². The zero-order chi connectivity index (χ0) is 8.10. The third-order valence-corrected chi connectivity index (χ3v) is 4.00. The van der Waals surface area contributed by atoms with Gasteiger partial charge in [-0.1, -0.05) is 0 Å². The molecule has 0 aromatic carbocycles. The summed E-state index contributed by atoms with van der Waals surface area (Å²) < 4.78 is 0. The molecule has 1 heterocycles. The molecular weight excluding hydrogens is 174 g/mol. The summed E-state index contributed by atoms with van der Waals surface area (Å²) in [5.41, 5.74) is 6.03. The van der Waals surface area contributed by atoms with Crippen LogP contribution in [0.1, 0.15) is 12.8 Å². The second-order valence-electron chi connectivity index (χ2n) is 3.07. The molecule has 1 saturated heterocycles. The zero-order valence-corrected chi connectivity index (χ0v) is 8.72. The van der Waals surface area contributed by atoms with Gasteiger partial charge in [0.05, 0.1) is 0 Å². The lowest BCUT2D eigenvalue weighted by molar-refractivity contribution is 0.420. The Morgan fingerprint density at radius 3 is 2.73 bits per heavy atom. The quantitative estimate of drug-likeness (QED) is 0.737. The van der Waals surface area contributed by atoms with Gasteiger partial charge in [-0.15, -0.1) is 0 Å². The molecule has 0 spiro atoms. The largest absolute Gasteiger partial charge is 0.327 e. The van der Waals surface area contributed by atoms with E-state index in [1.165, 1.54) is 24.3 Å². The third-order valence-electron chi connectivity index (χ3n) is 2.23. The minimum atomic E-state index is 0.450. The van der Waals surface area contributed by atoms with E-state index in [2.05, 4.69) is 18.0 Å². The Kier molecular flexibility index (Phi) is 4.72. The summed E-state index contributed by atoms with van der Waals surface area (Å²) in [6, 6.07) is 0.450. The van der Waals surface area contributed by atoms with Crippen molar-refractivity contribution in [2.45, 2.75) is 18.9 Å². The van der Waals surface area contributed by atoms with Gasteiger partial charge in [-0.3, -0.25) is 0 Å². The van der Waals surface area contributed by atoms with E-state index in [0.717, 1.165) is 11.7 Å². The van der Waals surface area contributed by atoms with Gasteiger partial charge < -0.3 is 5.73 Å². The summed E-state index contributed by atoms with van der Waals surface area (Å²) in [7, 11) is 0. The average molecular weight is 191 g/mol. The van der Waals surface area contributed by atoms with E-state index < -0.39 is 0 Å². The fourth-order valence-electron chi connectivity index (χ4n) is 1.47. The first-order chi connectivity index (χ1) is 5.34. The molecule has 66 valence electrons. The molecule has 11 heavy (non-hydrogen) atoms. The molecule has 0 radical (unpaired) electrons. The molecule has 1 nitrogen and oxygen atoms in total. The number of thioether (sulfide) groups is 2. The summed E-state index contributed by atoms with van der Waals surface area (Å²) in [5, 5.41) is 0. The van der Waals surface area contributed by atoms with Crippen LogP contribution in [0.25, 0.3) is 0 Å². The minimum absolute atomic E-state index is 0.450. The molecule has 1 atom stereocenters. The van der Waals surface area contributed by atoms with Crippen LogP contribution in [0.2, 0.25) is 0 Å². The van der Waals surface area contributed by atoms with Crippen LogP contribution >= 0.6 is 23.5 Å². The molecule has 2 N–H and O–H groups in total. The highest BCUT2D eigenvalue weighted by molar-refractivity contribution is 7.99. The second-order valence-corrected chi connectivity index (χ2v) is 5.20. The van der Waals surface area contributed by atoms with Gasteiger partial charge in [0.15, 0.2) is 0 Å². The van der Waals surface area contributed by atoms with Gasteiger partial charge in [-0.05, 0) is 36.5 Å². The summed E-state index contributed by atoms with van der Waals surface area (Å²) >= 11 is 3.94. The van der Waals surface area contributed by atoms with Crippen LogP contribution in [0.5, 0.6) is 0 Å². The Balaban J connectivity index is 2.21. The maximum atomic E-state index is 6.03. The average Bonchev–Trinajstić information content (AvgIpc) is 2.07. The first-order valence-electron chi connectivity index (χ1n) is 4.17. The Morgan fingerprint density at radius 2 is 2.18 bits per heavy atom. The second kappa shape index (κ2) is 5.33. The lowest BCUT2D eigenvalue weighted by Crippen LogP contribution is -2.34.